The summed E-state index contributed by atoms with van der Waals surface area (Å²) in [6, 6.07) is 15.1. The Balaban J connectivity index is 1.40. The number of benzene rings is 2. The zero-order valence-corrected chi connectivity index (χ0v) is 18.2. The molecule has 1 aliphatic rings. The molecule has 3 aromatic rings. The van der Waals surface area contributed by atoms with Crippen LogP contribution in [0.4, 0.5) is 4.79 Å². The summed E-state index contributed by atoms with van der Waals surface area (Å²) in [5.41, 5.74) is 5.08. The van der Waals surface area contributed by atoms with E-state index in [0.717, 1.165) is 28.3 Å². The molecule has 9 heteroatoms. The molecular formula is C25H24N4O5. The van der Waals surface area contributed by atoms with Gasteiger partial charge >= 0.3 is 12.1 Å². The first-order valence-electron chi connectivity index (χ1n) is 10.8. The van der Waals surface area contributed by atoms with E-state index in [9.17, 15) is 14.4 Å². The van der Waals surface area contributed by atoms with Gasteiger partial charge in [-0.2, -0.15) is 0 Å². The van der Waals surface area contributed by atoms with Crippen LogP contribution in [-0.2, 0) is 20.7 Å². The smallest absolute Gasteiger partial charge is 0.407 e. The van der Waals surface area contributed by atoms with E-state index < -0.39 is 24.0 Å². The van der Waals surface area contributed by atoms with Gasteiger partial charge in [-0.15, -0.1) is 0 Å². The Morgan fingerprint density at radius 2 is 1.76 bits per heavy atom. The number of fused-ring (bicyclic) bond motifs is 3. The first kappa shape index (κ1) is 22.8. The molecular weight excluding hydrogens is 436 g/mol. The Hall–Kier alpha value is -4.40. The maximum atomic E-state index is 12.7. The number of ether oxygens (including phenoxy) is 1. The highest BCUT2D eigenvalue weighted by molar-refractivity contribution is 5.86. The summed E-state index contributed by atoms with van der Waals surface area (Å²) < 4.78 is 5.55. The molecule has 9 nitrogen and oxygen atoms in total. The second-order valence-corrected chi connectivity index (χ2v) is 7.79. The van der Waals surface area contributed by atoms with Crippen LogP contribution in [-0.4, -0.2) is 52.2 Å². The highest BCUT2D eigenvalue weighted by Gasteiger charge is 2.30. The number of imidazole rings is 1. The van der Waals surface area contributed by atoms with E-state index in [2.05, 4.69) is 32.7 Å². The number of alkyl carbamates (subject to hydrolysis) is 1. The molecule has 0 fully saturated rings. The maximum absolute atomic E-state index is 12.7. The van der Waals surface area contributed by atoms with Crippen LogP contribution in [0.15, 0.2) is 73.2 Å². The van der Waals surface area contributed by atoms with Crippen molar-refractivity contribution in [3.8, 4) is 11.1 Å². The van der Waals surface area contributed by atoms with Crippen molar-refractivity contribution in [1.29, 1.82) is 0 Å². The number of amides is 2. The number of carboxylic acids is 1. The lowest BCUT2D eigenvalue weighted by molar-refractivity contribution is -0.131. The van der Waals surface area contributed by atoms with Crippen molar-refractivity contribution in [3.05, 3.63) is 90.0 Å². The molecule has 2 amide bonds. The van der Waals surface area contributed by atoms with Crippen molar-refractivity contribution < 1.29 is 24.2 Å². The molecule has 1 aliphatic carbocycles. The molecule has 0 unspecified atom stereocenters. The monoisotopic (exact) mass is 460 g/mol. The van der Waals surface area contributed by atoms with Crippen LogP contribution in [0.25, 0.3) is 11.1 Å². The fourth-order valence-electron chi connectivity index (χ4n) is 4.05. The largest absolute Gasteiger partial charge is 0.478 e. The lowest BCUT2D eigenvalue weighted by Gasteiger charge is -2.19. The lowest BCUT2D eigenvalue weighted by atomic mass is 9.98. The SMILES string of the molecule is O=C(O)/C=C/CNC(=O)[C@H](Cc1cnc[nH]1)NC(=O)OCC1c2ccccc2-c2ccccc21. The Kier molecular flexibility index (Phi) is 7.02. The van der Waals surface area contributed by atoms with E-state index in [1.165, 1.54) is 12.4 Å². The summed E-state index contributed by atoms with van der Waals surface area (Å²) in [6.07, 6.45) is 4.72. The van der Waals surface area contributed by atoms with Crippen LogP contribution in [0, 0.1) is 0 Å². The maximum Gasteiger partial charge on any atom is 0.407 e. The van der Waals surface area contributed by atoms with E-state index in [4.69, 9.17) is 9.84 Å². The minimum Gasteiger partial charge on any atom is -0.478 e. The second kappa shape index (κ2) is 10.5. The Morgan fingerprint density at radius 3 is 2.38 bits per heavy atom. The fourth-order valence-corrected chi connectivity index (χ4v) is 4.05. The Labute approximate surface area is 195 Å². The van der Waals surface area contributed by atoms with E-state index in [0.29, 0.717) is 5.69 Å². The molecule has 174 valence electrons. The molecule has 0 bridgehead atoms. The number of H-pyrrole nitrogens is 1. The van der Waals surface area contributed by atoms with Gasteiger partial charge in [-0.25, -0.2) is 14.6 Å². The minimum atomic E-state index is -1.11. The van der Waals surface area contributed by atoms with Crippen LogP contribution >= 0.6 is 0 Å². The van der Waals surface area contributed by atoms with E-state index >= 15 is 0 Å². The van der Waals surface area contributed by atoms with Crippen molar-refractivity contribution in [2.24, 2.45) is 0 Å². The first-order chi connectivity index (χ1) is 16.5. The number of aliphatic carboxylic acids is 1. The van der Waals surface area contributed by atoms with Gasteiger partial charge in [-0.05, 0) is 22.3 Å². The predicted molar refractivity (Wildman–Crippen MR) is 124 cm³/mol. The van der Waals surface area contributed by atoms with Gasteiger partial charge in [0.25, 0.3) is 0 Å². The molecule has 0 spiro atoms. The Bertz CT molecular complexity index is 1160. The predicted octanol–water partition coefficient (Wildman–Crippen LogP) is 2.62. The topological polar surface area (TPSA) is 133 Å². The fraction of sp³-hybridized carbons (Fsp3) is 0.200. The van der Waals surface area contributed by atoms with Gasteiger partial charge in [0.1, 0.15) is 12.6 Å². The van der Waals surface area contributed by atoms with Crippen molar-refractivity contribution in [2.75, 3.05) is 13.2 Å². The number of aromatic amines is 1. The highest BCUT2D eigenvalue weighted by atomic mass is 16.5. The van der Waals surface area contributed by atoms with E-state index in [-0.39, 0.29) is 25.5 Å². The van der Waals surface area contributed by atoms with E-state index in [1.54, 1.807) is 6.20 Å². The zero-order valence-electron chi connectivity index (χ0n) is 18.2. The van der Waals surface area contributed by atoms with Crippen LogP contribution in [0.1, 0.15) is 22.7 Å². The molecule has 34 heavy (non-hydrogen) atoms. The molecule has 0 radical (unpaired) electrons. The number of carboxylic acid groups (broad SMARTS) is 1. The van der Waals surface area contributed by atoms with Gasteiger partial charge in [-0.1, -0.05) is 54.6 Å². The molecule has 1 atom stereocenters. The molecule has 2 aromatic carbocycles. The van der Waals surface area contributed by atoms with E-state index in [1.807, 2.05) is 36.4 Å². The van der Waals surface area contributed by atoms with Gasteiger partial charge in [0.15, 0.2) is 0 Å². The summed E-state index contributed by atoms with van der Waals surface area (Å²) in [7, 11) is 0. The van der Waals surface area contributed by atoms with Gasteiger partial charge in [0, 0.05) is 36.9 Å². The normalized spacial score (nSPS) is 13.2. The number of carbonyl (C=O) groups is 3. The number of hydrogen-bond donors (Lipinski definition) is 4. The third-order valence-corrected chi connectivity index (χ3v) is 5.59. The number of carbonyl (C=O) groups excluding carboxylic acids is 2. The van der Waals surface area contributed by atoms with Crippen molar-refractivity contribution in [1.82, 2.24) is 20.6 Å². The number of rotatable bonds is 9. The zero-order chi connectivity index (χ0) is 23.9. The highest BCUT2D eigenvalue weighted by Crippen LogP contribution is 2.44. The van der Waals surface area contributed by atoms with Crippen molar-refractivity contribution in [2.45, 2.75) is 18.4 Å². The van der Waals surface area contributed by atoms with Crippen molar-refractivity contribution >= 4 is 18.0 Å². The van der Waals surface area contributed by atoms with Gasteiger partial charge in [0.05, 0.1) is 6.33 Å². The van der Waals surface area contributed by atoms with Gasteiger partial charge in [-0.3, -0.25) is 4.79 Å². The van der Waals surface area contributed by atoms with Crippen LogP contribution in [0.2, 0.25) is 0 Å². The summed E-state index contributed by atoms with van der Waals surface area (Å²) in [5, 5.41) is 13.9. The van der Waals surface area contributed by atoms with Gasteiger partial charge < -0.3 is 25.5 Å². The first-order valence-corrected chi connectivity index (χ1v) is 10.8. The average molecular weight is 460 g/mol. The quantitative estimate of drug-likeness (QED) is 0.363. The summed E-state index contributed by atoms with van der Waals surface area (Å²) >= 11 is 0. The summed E-state index contributed by atoms with van der Waals surface area (Å²) in [4.78, 5) is 42.7. The van der Waals surface area contributed by atoms with Gasteiger partial charge in [0.2, 0.25) is 5.91 Å². The lowest BCUT2D eigenvalue weighted by Crippen LogP contribution is -2.48. The van der Waals surface area contributed by atoms with Crippen LogP contribution in [0.5, 0.6) is 0 Å². The third-order valence-electron chi connectivity index (χ3n) is 5.59. The minimum absolute atomic E-state index is 0.0109. The molecule has 1 aromatic heterocycles. The third kappa shape index (κ3) is 5.32. The summed E-state index contributed by atoms with van der Waals surface area (Å²) in [6.45, 7) is 0.136. The average Bonchev–Trinajstić information content (AvgIpc) is 3.46. The number of hydrogen-bond acceptors (Lipinski definition) is 5. The molecule has 4 rings (SSSR count). The standard InChI is InChI=1S/C25H24N4O5/c30-23(31)10-5-11-27-24(32)22(12-16-13-26-15-28-16)29-25(33)34-14-21-19-8-3-1-6-17(19)18-7-2-4-9-20(18)21/h1-10,13,15,21-22H,11-12,14H2,(H,26,28)(H,27,32)(H,29,33)(H,30,31)/b10-5+/t22-/m0/s1. The van der Waals surface area contributed by atoms with Crippen molar-refractivity contribution in [3.63, 3.8) is 0 Å². The molecule has 0 aliphatic heterocycles. The second-order valence-electron chi connectivity index (χ2n) is 7.79. The van der Waals surface area contributed by atoms with Crippen LogP contribution in [0.3, 0.4) is 0 Å². The Morgan fingerprint density at radius 1 is 1.09 bits per heavy atom. The number of nitrogens with zero attached hydrogens (tertiary/aromatic N) is 1. The number of aromatic nitrogens is 2. The molecule has 4 N–H and O–H groups in total. The van der Waals surface area contributed by atoms with Crippen LogP contribution < -0.4 is 10.6 Å². The summed E-state index contributed by atoms with van der Waals surface area (Å²) in [5.74, 6) is -1.68. The number of nitrogens with one attached hydrogen (secondary N) is 3. The molecule has 0 saturated carbocycles. The molecule has 0 saturated heterocycles. The molecule has 1 heterocycles.